The highest BCUT2D eigenvalue weighted by Gasteiger charge is 2.05. The molecule has 0 bridgehead atoms. The minimum absolute atomic E-state index is 0.00816. The molecule has 0 atom stereocenters. The Morgan fingerprint density at radius 2 is 1.57 bits per heavy atom. The molecule has 7 heteroatoms. The van der Waals surface area contributed by atoms with Crippen molar-refractivity contribution in [2.75, 3.05) is 26.9 Å². The number of hydrogen-bond acceptors (Lipinski definition) is 5. The molecule has 0 aliphatic rings. The van der Waals surface area contributed by atoms with Gasteiger partial charge in [0.05, 0.1) is 13.5 Å². The van der Waals surface area contributed by atoms with E-state index in [9.17, 15) is 9.59 Å². The van der Waals surface area contributed by atoms with Gasteiger partial charge in [-0.1, -0.05) is 18.2 Å². The van der Waals surface area contributed by atoms with Crippen LogP contribution in [0.3, 0.4) is 0 Å². The van der Waals surface area contributed by atoms with Crippen molar-refractivity contribution < 1.29 is 28.9 Å². The number of carboxylic acids is 1. The van der Waals surface area contributed by atoms with Gasteiger partial charge in [-0.15, -0.1) is 0 Å². The van der Waals surface area contributed by atoms with Crippen LogP contribution in [0.15, 0.2) is 48.5 Å². The lowest BCUT2D eigenvalue weighted by molar-refractivity contribution is -0.138. The molecule has 0 saturated heterocycles. The molecule has 0 aliphatic carbocycles. The van der Waals surface area contributed by atoms with E-state index >= 15 is 0 Å². The summed E-state index contributed by atoms with van der Waals surface area (Å²) in [4.78, 5) is 22.0. The van der Waals surface area contributed by atoms with E-state index in [1.54, 1.807) is 7.11 Å². The Kier molecular flexibility index (Phi) is 8.65. The van der Waals surface area contributed by atoms with Crippen LogP contribution in [0.5, 0.6) is 17.2 Å². The third-order valence-electron chi connectivity index (χ3n) is 3.86. The van der Waals surface area contributed by atoms with Crippen LogP contribution in [0.2, 0.25) is 0 Å². The fourth-order valence-corrected chi connectivity index (χ4v) is 2.46. The summed E-state index contributed by atoms with van der Waals surface area (Å²) >= 11 is 0. The molecule has 0 radical (unpaired) electrons. The molecule has 0 saturated carbocycles. The lowest BCUT2D eigenvalue weighted by Gasteiger charge is -2.10. The Balaban J connectivity index is 1.69. The quantitative estimate of drug-likeness (QED) is 0.544. The molecule has 150 valence electrons. The smallest absolute Gasteiger partial charge is 0.303 e. The summed E-state index contributed by atoms with van der Waals surface area (Å²) in [6.07, 6.45) is 0.467. The number of nitrogens with one attached hydrogen (secondary N) is 1. The monoisotopic (exact) mass is 387 g/mol. The lowest BCUT2D eigenvalue weighted by Crippen LogP contribution is -2.26. The summed E-state index contributed by atoms with van der Waals surface area (Å²) in [7, 11) is 1.61. The number of carbonyl (C=O) groups is 2. The van der Waals surface area contributed by atoms with Gasteiger partial charge in [0.1, 0.15) is 30.5 Å². The van der Waals surface area contributed by atoms with Gasteiger partial charge in [-0.3, -0.25) is 9.59 Å². The SMILES string of the molecule is COc1cccc(OCCOc2cccc(CCNC(=O)CCC(=O)O)c2)c1. The molecule has 0 fully saturated rings. The van der Waals surface area contributed by atoms with Crippen LogP contribution in [-0.4, -0.2) is 43.9 Å². The lowest BCUT2D eigenvalue weighted by atomic mass is 10.1. The topological polar surface area (TPSA) is 94.1 Å². The van der Waals surface area contributed by atoms with Gasteiger partial charge in [0.2, 0.25) is 5.91 Å². The second kappa shape index (κ2) is 11.5. The first-order chi connectivity index (χ1) is 13.6. The average Bonchev–Trinajstić information content (AvgIpc) is 2.70. The number of amides is 1. The van der Waals surface area contributed by atoms with E-state index < -0.39 is 5.97 Å². The number of rotatable bonds is 12. The van der Waals surface area contributed by atoms with E-state index in [4.69, 9.17) is 19.3 Å². The molecule has 28 heavy (non-hydrogen) atoms. The predicted molar refractivity (Wildman–Crippen MR) is 104 cm³/mol. The van der Waals surface area contributed by atoms with E-state index in [-0.39, 0.29) is 18.7 Å². The van der Waals surface area contributed by atoms with Crippen molar-refractivity contribution in [3.63, 3.8) is 0 Å². The fraction of sp³-hybridized carbons (Fsp3) is 0.333. The number of methoxy groups -OCH3 is 1. The van der Waals surface area contributed by atoms with Crippen molar-refractivity contribution in [3.8, 4) is 17.2 Å². The molecule has 0 heterocycles. The Hall–Kier alpha value is -3.22. The van der Waals surface area contributed by atoms with Crippen molar-refractivity contribution in [1.29, 1.82) is 0 Å². The highest BCUT2D eigenvalue weighted by molar-refractivity contribution is 5.80. The van der Waals surface area contributed by atoms with Crippen molar-refractivity contribution in [2.45, 2.75) is 19.3 Å². The van der Waals surface area contributed by atoms with E-state index in [2.05, 4.69) is 5.32 Å². The molecule has 2 aromatic rings. The zero-order valence-corrected chi connectivity index (χ0v) is 15.8. The van der Waals surface area contributed by atoms with E-state index in [1.165, 1.54) is 0 Å². The van der Waals surface area contributed by atoms with Gasteiger partial charge in [-0.2, -0.15) is 0 Å². The minimum Gasteiger partial charge on any atom is -0.497 e. The van der Waals surface area contributed by atoms with Gasteiger partial charge in [0.15, 0.2) is 0 Å². The zero-order valence-electron chi connectivity index (χ0n) is 15.8. The Morgan fingerprint density at radius 3 is 2.25 bits per heavy atom. The molecule has 0 aliphatic heterocycles. The standard InChI is InChI=1S/C21H25NO6/c1-26-17-5-3-7-19(15-17)28-13-12-27-18-6-2-4-16(14-18)10-11-22-20(23)8-9-21(24)25/h2-7,14-15H,8-13H2,1H3,(H,22,23)(H,24,25). The maximum absolute atomic E-state index is 11.5. The van der Waals surface area contributed by atoms with Crippen LogP contribution < -0.4 is 19.5 Å². The van der Waals surface area contributed by atoms with E-state index in [0.29, 0.717) is 26.2 Å². The van der Waals surface area contributed by atoms with E-state index in [1.807, 2.05) is 48.5 Å². The summed E-state index contributed by atoms with van der Waals surface area (Å²) in [6, 6.07) is 15.0. The average molecular weight is 387 g/mol. The summed E-state index contributed by atoms with van der Waals surface area (Å²) in [6.45, 7) is 1.24. The Labute approximate surface area is 164 Å². The largest absolute Gasteiger partial charge is 0.497 e. The second-order valence-corrected chi connectivity index (χ2v) is 6.02. The third-order valence-corrected chi connectivity index (χ3v) is 3.86. The fourth-order valence-electron chi connectivity index (χ4n) is 2.46. The van der Waals surface area contributed by atoms with E-state index in [0.717, 1.165) is 22.8 Å². The summed E-state index contributed by atoms with van der Waals surface area (Å²) < 4.78 is 16.5. The maximum atomic E-state index is 11.5. The molecular weight excluding hydrogens is 362 g/mol. The van der Waals surface area contributed by atoms with Gasteiger partial charge in [-0.05, 0) is 36.2 Å². The molecule has 2 rings (SSSR count). The van der Waals surface area contributed by atoms with Crippen LogP contribution >= 0.6 is 0 Å². The molecule has 2 N–H and O–H groups in total. The van der Waals surface area contributed by atoms with Crippen LogP contribution in [0, 0.1) is 0 Å². The van der Waals surface area contributed by atoms with Crippen molar-refractivity contribution in [1.82, 2.24) is 5.32 Å². The van der Waals surface area contributed by atoms with Gasteiger partial charge < -0.3 is 24.6 Å². The Morgan fingerprint density at radius 1 is 0.929 bits per heavy atom. The molecule has 2 aromatic carbocycles. The number of carboxylic acid groups (broad SMARTS) is 1. The highest BCUT2D eigenvalue weighted by atomic mass is 16.5. The molecule has 0 spiro atoms. The predicted octanol–water partition coefficient (Wildman–Crippen LogP) is 2.68. The van der Waals surface area contributed by atoms with Crippen molar-refractivity contribution in [2.24, 2.45) is 0 Å². The van der Waals surface area contributed by atoms with Crippen molar-refractivity contribution in [3.05, 3.63) is 54.1 Å². The molecule has 1 amide bonds. The number of carbonyl (C=O) groups excluding carboxylic acids is 1. The highest BCUT2D eigenvalue weighted by Crippen LogP contribution is 2.19. The number of benzene rings is 2. The minimum atomic E-state index is -0.976. The molecular formula is C21H25NO6. The normalized spacial score (nSPS) is 10.2. The van der Waals surface area contributed by atoms with Crippen LogP contribution in [0.25, 0.3) is 0 Å². The first kappa shape index (κ1) is 21.1. The van der Waals surface area contributed by atoms with Crippen LogP contribution in [-0.2, 0) is 16.0 Å². The van der Waals surface area contributed by atoms with Gasteiger partial charge in [-0.25, -0.2) is 0 Å². The maximum Gasteiger partial charge on any atom is 0.303 e. The second-order valence-electron chi connectivity index (χ2n) is 6.02. The molecule has 7 nitrogen and oxygen atoms in total. The molecule has 0 unspecified atom stereocenters. The van der Waals surface area contributed by atoms with Gasteiger partial charge >= 0.3 is 5.97 Å². The summed E-state index contributed by atoms with van der Waals surface area (Å²) in [5.74, 6) is 0.945. The van der Waals surface area contributed by atoms with Crippen LogP contribution in [0.1, 0.15) is 18.4 Å². The Bertz CT molecular complexity index is 777. The first-order valence-electron chi connectivity index (χ1n) is 9.04. The first-order valence-corrected chi connectivity index (χ1v) is 9.04. The summed E-state index contributed by atoms with van der Waals surface area (Å²) in [5, 5.41) is 11.3. The number of ether oxygens (including phenoxy) is 3. The van der Waals surface area contributed by atoms with Crippen molar-refractivity contribution >= 4 is 11.9 Å². The van der Waals surface area contributed by atoms with Gasteiger partial charge in [0.25, 0.3) is 0 Å². The summed E-state index contributed by atoms with van der Waals surface area (Å²) in [5.41, 5.74) is 1.02. The molecule has 0 aromatic heterocycles. The zero-order chi connectivity index (χ0) is 20.2. The van der Waals surface area contributed by atoms with Crippen LogP contribution in [0.4, 0.5) is 0 Å². The number of hydrogen-bond donors (Lipinski definition) is 2. The third kappa shape index (κ3) is 7.99. The van der Waals surface area contributed by atoms with Gasteiger partial charge in [0, 0.05) is 19.0 Å². The number of aliphatic carboxylic acids is 1.